The second-order valence-corrected chi connectivity index (χ2v) is 9.70. The molecule has 0 amide bonds. The first-order valence-corrected chi connectivity index (χ1v) is 12.8. The van der Waals surface area contributed by atoms with Gasteiger partial charge < -0.3 is 9.72 Å². The standard InChI is InChI=1S/C32H23FN6O/c1-19-9-21(11-24(33)10-19)30-26-14-29(37-28(26)7-8-35-30)31-27-13-23(16-36-32(27)39-38-31)22-12-25(17-34-15-22)40-18-20-5-3-2-4-6-20/h2-17,37H,18H2,1H3,(H,36,38,39). The average Bonchev–Trinajstić information content (AvgIpc) is 3.60. The van der Waals surface area contributed by atoms with E-state index in [1.54, 1.807) is 24.8 Å². The molecule has 0 unspecified atom stereocenters. The fourth-order valence-electron chi connectivity index (χ4n) is 4.95. The van der Waals surface area contributed by atoms with Crippen LogP contribution in [0.1, 0.15) is 11.1 Å². The molecule has 194 valence electrons. The molecule has 0 bridgehead atoms. The summed E-state index contributed by atoms with van der Waals surface area (Å²) >= 11 is 0. The molecule has 0 radical (unpaired) electrons. The Kier molecular flexibility index (Phi) is 5.78. The van der Waals surface area contributed by atoms with Crippen LogP contribution < -0.4 is 4.74 Å². The lowest BCUT2D eigenvalue weighted by Gasteiger charge is -2.08. The van der Waals surface area contributed by atoms with Crippen LogP contribution in [0.2, 0.25) is 0 Å². The lowest BCUT2D eigenvalue weighted by atomic mass is 10.0. The third kappa shape index (κ3) is 4.45. The summed E-state index contributed by atoms with van der Waals surface area (Å²) in [6.45, 7) is 2.33. The van der Waals surface area contributed by atoms with Gasteiger partial charge in [0.2, 0.25) is 0 Å². The van der Waals surface area contributed by atoms with E-state index in [9.17, 15) is 4.39 Å². The number of aromatic nitrogens is 6. The third-order valence-electron chi connectivity index (χ3n) is 6.83. The molecule has 7 aromatic rings. The van der Waals surface area contributed by atoms with Crippen LogP contribution in [0, 0.1) is 12.7 Å². The second kappa shape index (κ2) is 9.74. The van der Waals surface area contributed by atoms with Crippen molar-refractivity contribution >= 4 is 21.9 Å². The van der Waals surface area contributed by atoms with Crippen LogP contribution in [0.3, 0.4) is 0 Å². The van der Waals surface area contributed by atoms with Gasteiger partial charge in [0, 0.05) is 51.6 Å². The second-order valence-electron chi connectivity index (χ2n) is 9.70. The summed E-state index contributed by atoms with van der Waals surface area (Å²) in [6, 6.07) is 22.9. The monoisotopic (exact) mass is 526 g/mol. The number of rotatable bonds is 6. The lowest BCUT2D eigenvalue weighted by Crippen LogP contribution is -1.96. The van der Waals surface area contributed by atoms with Crippen molar-refractivity contribution in [3.05, 3.63) is 115 Å². The Hall–Kier alpha value is -5.37. The van der Waals surface area contributed by atoms with Gasteiger partial charge in [0.25, 0.3) is 0 Å². The third-order valence-corrected chi connectivity index (χ3v) is 6.83. The van der Waals surface area contributed by atoms with E-state index >= 15 is 0 Å². The van der Waals surface area contributed by atoms with Crippen molar-refractivity contribution < 1.29 is 9.13 Å². The van der Waals surface area contributed by atoms with E-state index < -0.39 is 0 Å². The van der Waals surface area contributed by atoms with Crippen molar-refractivity contribution in [1.29, 1.82) is 0 Å². The summed E-state index contributed by atoms with van der Waals surface area (Å²) in [6.07, 6.45) is 7.01. The largest absolute Gasteiger partial charge is 0.487 e. The van der Waals surface area contributed by atoms with Gasteiger partial charge in [-0.2, -0.15) is 5.10 Å². The normalized spacial score (nSPS) is 11.3. The predicted octanol–water partition coefficient (Wildman–Crippen LogP) is 7.26. The lowest BCUT2D eigenvalue weighted by molar-refractivity contribution is 0.305. The van der Waals surface area contributed by atoms with E-state index in [-0.39, 0.29) is 5.82 Å². The molecular weight excluding hydrogens is 503 g/mol. The summed E-state index contributed by atoms with van der Waals surface area (Å²) in [5, 5.41) is 9.34. The van der Waals surface area contributed by atoms with E-state index in [4.69, 9.17) is 4.74 Å². The molecule has 2 N–H and O–H groups in total. The Bertz CT molecular complexity index is 1980. The zero-order chi connectivity index (χ0) is 27.1. The quantitative estimate of drug-likeness (QED) is 0.238. The van der Waals surface area contributed by atoms with Crippen molar-refractivity contribution in [1.82, 2.24) is 30.1 Å². The summed E-state index contributed by atoms with van der Waals surface area (Å²) in [5.41, 5.74) is 8.22. The van der Waals surface area contributed by atoms with E-state index in [0.29, 0.717) is 23.7 Å². The fraction of sp³-hybridized carbons (Fsp3) is 0.0625. The highest BCUT2D eigenvalue weighted by Crippen LogP contribution is 2.34. The maximum absolute atomic E-state index is 14.2. The van der Waals surface area contributed by atoms with Gasteiger partial charge in [0.05, 0.1) is 17.6 Å². The number of nitrogens with zero attached hydrogens (tertiary/aromatic N) is 4. The fourth-order valence-corrected chi connectivity index (χ4v) is 4.95. The number of hydrogen-bond acceptors (Lipinski definition) is 5. The van der Waals surface area contributed by atoms with Crippen molar-refractivity contribution in [2.45, 2.75) is 13.5 Å². The molecule has 2 aromatic carbocycles. The number of aromatic amines is 2. The average molecular weight is 527 g/mol. The number of hydrogen-bond donors (Lipinski definition) is 2. The zero-order valence-electron chi connectivity index (χ0n) is 21.5. The maximum atomic E-state index is 14.2. The van der Waals surface area contributed by atoms with E-state index in [1.165, 1.54) is 12.1 Å². The molecule has 0 saturated heterocycles. The van der Waals surface area contributed by atoms with Gasteiger partial charge in [-0.05, 0) is 60.5 Å². The SMILES string of the molecule is Cc1cc(F)cc(-c2nccc3[nH]c(-c4n[nH]c5ncc(-c6cncc(OCc7ccccc7)c6)cc45)cc23)c1. The Labute approximate surface area is 228 Å². The highest BCUT2D eigenvalue weighted by atomic mass is 19.1. The number of ether oxygens (including phenoxy) is 1. The van der Waals surface area contributed by atoms with Gasteiger partial charge in [-0.3, -0.25) is 15.1 Å². The molecule has 7 nitrogen and oxygen atoms in total. The summed E-state index contributed by atoms with van der Waals surface area (Å²) in [4.78, 5) is 17.0. The minimum Gasteiger partial charge on any atom is -0.487 e. The maximum Gasteiger partial charge on any atom is 0.155 e. The molecule has 40 heavy (non-hydrogen) atoms. The van der Waals surface area contributed by atoms with E-state index in [2.05, 4.69) is 30.1 Å². The molecule has 0 spiro atoms. The van der Waals surface area contributed by atoms with Crippen molar-refractivity contribution in [3.8, 4) is 39.5 Å². The van der Waals surface area contributed by atoms with Crippen LogP contribution in [-0.4, -0.2) is 30.1 Å². The zero-order valence-corrected chi connectivity index (χ0v) is 21.5. The highest BCUT2D eigenvalue weighted by Gasteiger charge is 2.16. The molecule has 7 rings (SSSR count). The molecule has 8 heteroatoms. The van der Waals surface area contributed by atoms with Crippen LogP contribution in [0.15, 0.2) is 97.6 Å². The molecule has 0 aliphatic heterocycles. The molecule has 0 aliphatic rings. The smallest absolute Gasteiger partial charge is 0.155 e. The van der Waals surface area contributed by atoms with Gasteiger partial charge in [-0.1, -0.05) is 30.3 Å². The van der Waals surface area contributed by atoms with Crippen LogP contribution in [0.25, 0.3) is 55.7 Å². The first-order chi connectivity index (χ1) is 19.6. The summed E-state index contributed by atoms with van der Waals surface area (Å²) < 4.78 is 20.2. The molecular formula is C32H23FN6O. The van der Waals surface area contributed by atoms with Gasteiger partial charge in [0.15, 0.2) is 5.65 Å². The molecule has 0 fully saturated rings. The van der Waals surface area contributed by atoms with Crippen molar-refractivity contribution in [3.63, 3.8) is 0 Å². The van der Waals surface area contributed by atoms with Gasteiger partial charge in [0.1, 0.15) is 23.9 Å². The number of pyridine rings is 3. The topological polar surface area (TPSA) is 92.4 Å². The number of fused-ring (bicyclic) bond motifs is 2. The molecule has 5 heterocycles. The summed E-state index contributed by atoms with van der Waals surface area (Å²) in [7, 11) is 0. The van der Waals surface area contributed by atoms with Crippen LogP contribution >= 0.6 is 0 Å². The van der Waals surface area contributed by atoms with Crippen molar-refractivity contribution in [2.24, 2.45) is 0 Å². The van der Waals surface area contributed by atoms with Crippen LogP contribution in [-0.2, 0) is 6.61 Å². The predicted molar refractivity (Wildman–Crippen MR) is 153 cm³/mol. The van der Waals surface area contributed by atoms with Gasteiger partial charge in [-0.25, -0.2) is 9.37 Å². The number of H-pyrrole nitrogens is 2. The summed E-state index contributed by atoms with van der Waals surface area (Å²) in [5.74, 6) is 0.391. The number of halogens is 1. The molecule has 0 aliphatic carbocycles. The Morgan fingerprint density at radius 1 is 0.800 bits per heavy atom. The molecule has 0 atom stereocenters. The number of aryl methyl sites for hydroxylation is 1. The first-order valence-electron chi connectivity index (χ1n) is 12.8. The van der Waals surface area contributed by atoms with E-state index in [1.807, 2.05) is 67.6 Å². The Morgan fingerprint density at radius 2 is 1.68 bits per heavy atom. The van der Waals surface area contributed by atoms with Crippen molar-refractivity contribution in [2.75, 3.05) is 0 Å². The number of nitrogens with one attached hydrogen (secondary N) is 2. The minimum atomic E-state index is -0.287. The highest BCUT2D eigenvalue weighted by molar-refractivity contribution is 6.00. The first kappa shape index (κ1) is 23.7. The minimum absolute atomic E-state index is 0.287. The van der Waals surface area contributed by atoms with Gasteiger partial charge in [-0.15, -0.1) is 0 Å². The Balaban J connectivity index is 1.25. The molecule has 0 saturated carbocycles. The number of benzene rings is 2. The Morgan fingerprint density at radius 3 is 2.55 bits per heavy atom. The van der Waals surface area contributed by atoms with Gasteiger partial charge >= 0.3 is 0 Å². The van der Waals surface area contributed by atoms with Crippen LogP contribution in [0.4, 0.5) is 4.39 Å². The molecule has 5 aromatic heterocycles. The van der Waals surface area contributed by atoms with E-state index in [0.717, 1.165) is 55.5 Å². The van der Waals surface area contributed by atoms with Crippen LogP contribution in [0.5, 0.6) is 5.75 Å².